The van der Waals surface area contributed by atoms with Crippen molar-refractivity contribution in [3.05, 3.63) is 0 Å². The lowest BCUT2D eigenvalue weighted by Crippen LogP contribution is -2.34. The highest BCUT2D eigenvalue weighted by atomic mass is 16.3. The lowest BCUT2D eigenvalue weighted by molar-refractivity contribution is 0.149. The van der Waals surface area contributed by atoms with Gasteiger partial charge in [0, 0.05) is 6.04 Å². The van der Waals surface area contributed by atoms with Gasteiger partial charge in [-0.3, -0.25) is 0 Å². The molecule has 0 amide bonds. The zero-order valence-electron chi connectivity index (χ0n) is 9.04. The maximum absolute atomic E-state index is 8.89. The van der Waals surface area contributed by atoms with Crippen molar-refractivity contribution in [3.63, 3.8) is 0 Å². The van der Waals surface area contributed by atoms with Crippen LogP contribution in [0, 0.1) is 16.7 Å². The second kappa shape index (κ2) is 5.21. The second-order valence-electron chi connectivity index (χ2n) is 4.26. The van der Waals surface area contributed by atoms with Crippen LogP contribution in [0.25, 0.3) is 0 Å². The summed E-state index contributed by atoms with van der Waals surface area (Å²) in [6.07, 6.45) is 0.838. The molecule has 3 nitrogen and oxygen atoms in total. The zero-order chi connectivity index (χ0) is 10.5. The van der Waals surface area contributed by atoms with Crippen LogP contribution in [0.5, 0.6) is 0 Å². The number of hydrogen-bond donors (Lipinski definition) is 1. The van der Waals surface area contributed by atoms with Crippen molar-refractivity contribution in [2.45, 2.75) is 33.2 Å². The predicted molar refractivity (Wildman–Crippen MR) is 53.2 cm³/mol. The van der Waals surface area contributed by atoms with Crippen LogP contribution in [0.15, 0.2) is 0 Å². The average molecular weight is 184 g/mol. The number of nitriles is 1. The first-order valence-corrected chi connectivity index (χ1v) is 4.65. The highest BCUT2D eigenvalue weighted by Gasteiger charge is 2.18. The number of aliphatic hydroxyl groups excluding tert-OH is 1. The Morgan fingerprint density at radius 3 is 2.46 bits per heavy atom. The Labute approximate surface area is 81.0 Å². The quantitative estimate of drug-likeness (QED) is 0.699. The molecule has 1 N–H and O–H groups in total. The number of rotatable bonds is 5. The first-order valence-electron chi connectivity index (χ1n) is 4.65. The minimum Gasteiger partial charge on any atom is -0.395 e. The van der Waals surface area contributed by atoms with Crippen molar-refractivity contribution in [1.29, 1.82) is 5.26 Å². The summed E-state index contributed by atoms with van der Waals surface area (Å²) in [5, 5.41) is 17.7. The lowest BCUT2D eigenvalue weighted by atomic mass is 9.91. The van der Waals surface area contributed by atoms with E-state index in [0.717, 1.165) is 13.0 Å². The van der Waals surface area contributed by atoms with E-state index in [4.69, 9.17) is 10.4 Å². The maximum Gasteiger partial charge on any atom is 0.0684 e. The van der Waals surface area contributed by atoms with Crippen LogP contribution in [0.1, 0.15) is 27.2 Å². The molecule has 0 aliphatic carbocycles. The van der Waals surface area contributed by atoms with E-state index in [1.54, 1.807) is 0 Å². The molecule has 0 spiro atoms. The molecule has 0 rings (SSSR count). The summed E-state index contributed by atoms with van der Waals surface area (Å²) in [4.78, 5) is 2.07. The fraction of sp³-hybridized carbons (Fsp3) is 0.900. The van der Waals surface area contributed by atoms with Crippen molar-refractivity contribution in [2.24, 2.45) is 5.41 Å². The minimum absolute atomic E-state index is 0.170. The van der Waals surface area contributed by atoms with Gasteiger partial charge in [0.25, 0.3) is 0 Å². The van der Waals surface area contributed by atoms with Crippen molar-refractivity contribution in [2.75, 3.05) is 20.2 Å². The van der Waals surface area contributed by atoms with Gasteiger partial charge in [0.1, 0.15) is 0 Å². The van der Waals surface area contributed by atoms with Crippen LogP contribution in [0.4, 0.5) is 0 Å². The van der Waals surface area contributed by atoms with Crippen LogP contribution in [0.3, 0.4) is 0 Å². The summed E-state index contributed by atoms with van der Waals surface area (Å²) in [6.45, 7) is 6.86. The molecule has 0 aromatic rings. The Hall–Kier alpha value is -0.590. The van der Waals surface area contributed by atoms with Gasteiger partial charge in [0.05, 0.1) is 18.1 Å². The molecule has 0 heterocycles. The Morgan fingerprint density at radius 2 is 2.08 bits per heavy atom. The van der Waals surface area contributed by atoms with Gasteiger partial charge in [-0.15, -0.1) is 0 Å². The normalized spacial score (nSPS) is 14.2. The Morgan fingerprint density at radius 1 is 1.54 bits per heavy atom. The fourth-order valence-electron chi connectivity index (χ4n) is 0.872. The summed E-state index contributed by atoms with van der Waals surface area (Å²) in [6, 6.07) is 2.44. The smallest absolute Gasteiger partial charge is 0.0684 e. The first kappa shape index (κ1) is 12.4. The third kappa shape index (κ3) is 4.87. The van der Waals surface area contributed by atoms with Crippen molar-refractivity contribution < 1.29 is 5.11 Å². The van der Waals surface area contributed by atoms with E-state index >= 15 is 0 Å². The van der Waals surface area contributed by atoms with Gasteiger partial charge in [0.15, 0.2) is 0 Å². The molecular weight excluding hydrogens is 164 g/mol. The Balaban J connectivity index is 3.84. The Kier molecular flexibility index (Phi) is 4.97. The summed E-state index contributed by atoms with van der Waals surface area (Å²) >= 11 is 0. The van der Waals surface area contributed by atoms with E-state index in [2.05, 4.69) is 11.0 Å². The van der Waals surface area contributed by atoms with Gasteiger partial charge in [0.2, 0.25) is 0 Å². The summed E-state index contributed by atoms with van der Waals surface area (Å²) in [5.41, 5.74) is -0.260. The van der Waals surface area contributed by atoms with Crippen LogP contribution in [-0.4, -0.2) is 36.2 Å². The highest BCUT2D eigenvalue weighted by Crippen LogP contribution is 2.18. The molecule has 0 aromatic carbocycles. The van der Waals surface area contributed by atoms with Crippen LogP contribution >= 0.6 is 0 Å². The van der Waals surface area contributed by atoms with Crippen LogP contribution in [0.2, 0.25) is 0 Å². The second-order valence-corrected chi connectivity index (χ2v) is 4.26. The third-order valence-corrected chi connectivity index (χ3v) is 2.41. The van der Waals surface area contributed by atoms with E-state index in [1.807, 2.05) is 27.8 Å². The molecule has 0 bridgehead atoms. The van der Waals surface area contributed by atoms with Crippen molar-refractivity contribution in [1.82, 2.24) is 4.90 Å². The predicted octanol–water partition coefficient (Wildman–Crippen LogP) is 1.24. The number of nitrogens with zero attached hydrogens (tertiary/aromatic N) is 2. The first-order chi connectivity index (χ1) is 5.93. The number of hydrogen-bond acceptors (Lipinski definition) is 3. The SMILES string of the molecule is CC(CO)N(C)CCC(C)(C)C#N. The van der Waals surface area contributed by atoms with Gasteiger partial charge >= 0.3 is 0 Å². The summed E-state index contributed by atoms with van der Waals surface area (Å²) in [7, 11) is 1.97. The van der Waals surface area contributed by atoms with E-state index in [-0.39, 0.29) is 18.1 Å². The van der Waals surface area contributed by atoms with Crippen LogP contribution in [-0.2, 0) is 0 Å². The topological polar surface area (TPSA) is 47.3 Å². The van der Waals surface area contributed by atoms with Gasteiger partial charge in [-0.1, -0.05) is 0 Å². The van der Waals surface area contributed by atoms with E-state index < -0.39 is 0 Å². The summed E-state index contributed by atoms with van der Waals surface area (Å²) < 4.78 is 0. The van der Waals surface area contributed by atoms with Gasteiger partial charge < -0.3 is 10.0 Å². The van der Waals surface area contributed by atoms with Gasteiger partial charge in [-0.2, -0.15) is 5.26 Å². The average Bonchev–Trinajstić information content (AvgIpc) is 2.13. The van der Waals surface area contributed by atoms with Gasteiger partial charge in [-0.25, -0.2) is 0 Å². The fourth-order valence-corrected chi connectivity index (χ4v) is 0.872. The number of aliphatic hydroxyl groups is 1. The Bertz CT molecular complexity index is 184. The van der Waals surface area contributed by atoms with Crippen LogP contribution < -0.4 is 0 Å². The van der Waals surface area contributed by atoms with Crippen molar-refractivity contribution in [3.8, 4) is 6.07 Å². The lowest BCUT2D eigenvalue weighted by Gasteiger charge is -2.25. The molecule has 0 fully saturated rings. The molecule has 76 valence electrons. The molecule has 0 aliphatic heterocycles. The zero-order valence-corrected chi connectivity index (χ0v) is 9.04. The molecule has 1 atom stereocenters. The molecular formula is C10H20N2O. The molecule has 0 saturated heterocycles. The number of likely N-dealkylation sites (N-methyl/N-ethyl adjacent to an activating group) is 1. The molecule has 0 radical (unpaired) electrons. The molecule has 13 heavy (non-hydrogen) atoms. The van der Waals surface area contributed by atoms with E-state index in [1.165, 1.54) is 0 Å². The van der Waals surface area contributed by atoms with E-state index in [9.17, 15) is 0 Å². The molecule has 3 heteroatoms. The molecule has 1 unspecified atom stereocenters. The van der Waals surface area contributed by atoms with Crippen molar-refractivity contribution >= 4 is 0 Å². The maximum atomic E-state index is 8.89. The molecule has 0 saturated carbocycles. The largest absolute Gasteiger partial charge is 0.395 e. The monoisotopic (exact) mass is 184 g/mol. The van der Waals surface area contributed by atoms with E-state index in [0.29, 0.717) is 0 Å². The third-order valence-electron chi connectivity index (χ3n) is 2.41. The summed E-state index contributed by atoms with van der Waals surface area (Å²) in [5.74, 6) is 0. The minimum atomic E-state index is -0.260. The molecule has 0 aromatic heterocycles. The van der Waals surface area contributed by atoms with Gasteiger partial charge in [-0.05, 0) is 40.8 Å². The highest BCUT2D eigenvalue weighted by molar-refractivity contribution is 4.92. The standard InChI is InChI=1S/C10H20N2O/c1-9(7-13)12(4)6-5-10(2,3)8-11/h9,13H,5-7H2,1-4H3. The molecule has 0 aliphatic rings.